The van der Waals surface area contributed by atoms with Crippen LogP contribution in [0.25, 0.3) is 5.82 Å². The quantitative estimate of drug-likeness (QED) is 0.313. The number of ether oxygens (including phenoxy) is 1. The number of nitrogens with one attached hydrogen (secondary N) is 2. The number of anilines is 2. The number of hydrogen-bond donors (Lipinski definition) is 2. The normalized spacial score (nSPS) is 25.6. The first-order valence-corrected chi connectivity index (χ1v) is 18.9. The van der Waals surface area contributed by atoms with Gasteiger partial charge in [0.05, 0.1) is 12.2 Å². The van der Waals surface area contributed by atoms with E-state index in [0.717, 1.165) is 31.6 Å². The zero-order valence-electron chi connectivity index (χ0n) is 28.8. The summed E-state index contributed by atoms with van der Waals surface area (Å²) in [6.07, 6.45) is 11.2. The lowest BCUT2D eigenvalue weighted by Crippen LogP contribution is -2.41. The Morgan fingerprint density at radius 1 is 1.06 bits per heavy atom. The summed E-state index contributed by atoms with van der Waals surface area (Å²) >= 11 is 0. The third kappa shape index (κ3) is 6.77. The number of carbonyl (C=O) groups is 1. The molecule has 7 rings (SSSR count). The van der Waals surface area contributed by atoms with Crippen molar-refractivity contribution in [1.82, 2.24) is 24.5 Å². The summed E-state index contributed by atoms with van der Waals surface area (Å²) in [6.45, 7) is 13.1. The van der Waals surface area contributed by atoms with Gasteiger partial charge in [0.25, 0.3) is 15.9 Å². The molecule has 1 amide bonds. The number of sulfonamides is 1. The molecule has 48 heavy (non-hydrogen) atoms. The van der Waals surface area contributed by atoms with E-state index in [9.17, 15) is 13.2 Å². The first-order valence-electron chi connectivity index (χ1n) is 17.5. The number of pyridine rings is 2. The molecule has 3 aromatic rings. The molecule has 11 nitrogen and oxygen atoms in total. The fourth-order valence-electron chi connectivity index (χ4n) is 8.43. The fourth-order valence-corrected chi connectivity index (χ4v) is 9.36. The number of aromatic nitrogens is 4. The molecule has 1 spiro atoms. The highest BCUT2D eigenvalue weighted by atomic mass is 32.2. The van der Waals surface area contributed by atoms with Crippen LogP contribution in [0.2, 0.25) is 0 Å². The second kappa shape index (κ2) is 12.0. The predicted octanol–water partition coefficient (Wildman–Crippen LogP) is 6.21. The van der Waals surface area contributed by atoms with Crippen LogP contribution in [0.4, 0.5) is 11.6 Å². The van der Waals surface area contributed by atoms with Crippen LogP contribution in [-0.2, 0) is 10.0 Å². The number of fused-ring (bicyclic) bond motifs is 6. The van der Waals surface area contributed by atoms with E-state index in [1.165, 1.54) is 31.7 Å². The summed E-state index contributed by atoms with van der Waals surface area (Å²) in [7, 11) is -4.26. The van der Waals surface area contributed by atoms with Crippen molar-refractivity contribution in [2.24, 2.45) is 28.6 Å². The number of nitrogens with zero attached hydrogens (tertiary/aromatic N) is 5. The highest BCUT2D eigenvalue weighted by molar-refractivity contribution is 7.90. The van der Waals surface area contributed by atoms with Gasteiger partial charge in [-0.25, -0.2) is 19.4 Å². The van der Waals surface area contributed by atoms with Crippen molar-refractivity contribution in [2.75, 3.05) is 29.9 Å². The molecule has 0 radical (unpaired) electrons. The van der Waals surface area contributed by atoms with Crippen molar-refractivity contribution in [3.05, 3.63) is 48.2 Å². The maximum Gasteiger partial charge on any atom is 0.281 e. The highest BCUT2D eigenvalue weighted by Gasteiger charge is 2.54. The van der Waals surface area contributed by atoms with Crippen LogP contribution in [0, 0.1) is 28.6 Å². The summed E-state index contributed by atoms with van der Waals surface area (Å²) in [4.78, 5) is 25.4. The van der Waals surface area contributed by atoms with Crippen molar-refractivity contribution < 1.29 is 17.9 Å². The lowest BCUT2D eigenvalue weighted by Gasteiger charge is -2.37. The van der Waals surface area contributed by atoms with Crippen LogP contribution in [0.5, 0.6) is 5.88 Å². The van der Waals surface area contributed by atoms with Crippen molar-refractivity contribution in [2.45, 2.75) is 96.6 Å². The molecule has 3 atom stereocenters. The molecule has 2 aliphatic heterocycles. The molecular formula is C36H49N7O4S. The van der Waals surface area contributed by atoms with Crippen LogP contribution < -0.4 is 19.7 Å². The molecule has 2 unspecified atom stereocenters. The standard InChI is InChI=1S/C36H49N7O4S/c1-34(2,3)20-24-19-25-21-35(4,5)42(23-25)32-27(33(44)41-48(45,46)31-8-6-7-28(38-31)37-22-24)9-10-29(39-32)43-17-12-30(40-43)47-18-13-26-11-14-36(26)15-16-36/h6-10,12,17,24-26H,11,13-16,18-23H2,1-5H3,(H,37,38)(H,41,44)/t24?,25-,26?/m0/s1. The fraction of sp³-hybridized carbons (Fsp3) is 0.611. The topological polar surface area (TPSA) is 131 Å². The van der Waals surface area contributed by atoms with Crippen molar-refractivity contribution in [3.63, 3.8) is 0 Å². The van der Waals surface area contributed by atoms with Crippen molar-refractivity contribution >= 4 is 27.6 Å². The van der Waals surface area contributed by atoms with E-state index in [1.54, 1.807) is 28.9 Å². The van der Waals surface area contributed by atoms with E-state index in [2.05, 4.69) is 59.6 Å². The van der Waals surface area contributed by atoms with E-state index in [4.69, 9.17) is 9.72 Å². The Balaban J connectivity index is 1.20. The van der Waals surface area contributed by atoms with Gasteiger partial charge in [-0.3, -0.25) is 4.79 Å². The lowest BCUT2D eigenvalue weighted by atomic mass is 9.69. The molecule has 3 fully saturated rings. The average Bonchev–Trinajstić information content (AvgIpc) is 3.63. The summed E-state index contributed by atoms with van der Waals surface area (Å²) in [5.74, 6) is 2.67. The SMILES string of the molecule is CC(C)(C)CC1CNc2cccc(n2)S(=O)(=O)NC(=O)c2ccc(-n3ccc(OCCC4CCC45CC5)n3)nc2N2C[C@@H](C1)CC2(C)C. The van der Waals surface area contributed by atoms with E-state index in [-0.39, 0.29) is 21.5 Å². The van der Waals surface area contributed by atoms with Gasteiger partial charge >= 0.3 is 0 Å². The van der Waals surface area contributed by atoms with Gasteiger partial charge < -0.3 is 15.0 Å². The van der Waals surface area contributed by atoms with Crippen molar-refractivity contribution in [3.8, 4) is 11.7 Å². The van der Waals surface area contributed by atoms with Gasteiger partial charge in [0.15, 0.2) is 10.8 Å². The zero-order chi connectivity index (χ0) is 33.9. The van der Waals surface area contributed by atoms with Gasteiger partial charge in [0, 0.05) is 30.9 Å². The van der Waals surface area contributed by atoms with Gasteiger partial charge in [-0.05, 0) is 118 Å². The summed E-state index contributed by atoms with van der Waals surface area (Å²) in [5, 5.41) is 7.84. The Hall–Kier alpha value is -3.67. The smallest absolute Gasteiger partial charge is 0.281 e. The summed E-state index contributed by atoms with van der Waals surface area (Å²) in [6, 6.07) is 9.98. The molecule has 2 aliphatic carbocycles. The van der Waals surface area contributed by atoms with Crippen LogP contribution >= 0.6 is 0 Å². The number of rotatable bonds is 6. The largest absolute Gasteiger partial charge is 0.477 e. The van der Waals surface area contributed by atoms with Gasteiger partial charge in [-0.1, -0.05) is 26.8 Å². The van der Waals surface area contributed by atoms with Gasteiger partial charge in [0.1, 0.15) is 11.6 Å². The third-order valence-corrected chi connectivity index (χ3v) is 12.2. The minimum Gasteiger partial charge on any atom is -0.477 e. The van der Waals surface area contributed by atoms with E-state index >= 15 is 0 Å². The second-order valence-electron chi connectivity index (χ2n) is 16.4. The van der Waals surface area contributed by atoms with Gasteiger partial charge in [-0.2, -0.15) is 8.42 Å². The Kier molecular flexibility index (Phi) is 8.24. The van der Waals surface area contributed by atoms with Crippen LogP contribution in [0.15, 0.2) is 47.6 Å². The first-order chi connectivity index (χ1) is 22.7. The molecule has 5 heterocycles. The molecule has 4 bridgehead atoms. The molecule has 12 heteroatoms. The lowest BCUT2D eigenvalue weighted by molar-refractivity contribution is 0.0981. The Morgan fingerprint density at radius 2 is 1.88 bits per heavy atom. The van der Waals surface area contributed by atoms with E-state index in [0.29, 0.717) is 60.3 Å². The maximum absolute atomic E-state index is 13.8. The minimum absolute atomic E-state index is 0.115. The monoisotopic (exact) mass is 675 g/mol. The number of carbonyl (C=O) groups excluding carboxylic acids is 1. The summed E-state index contributed by atoms with van der Waals surface area (Å²) in [5.41, 5.74) is 0.597. The average molecular weight is 676 g/mol. The van der Waals surface area contributed by atoms with Crippen LogP contribution in [0.1, 0.15) is 96.3 Å². The summed E-state index contributed by atoms with van der Waals surface area (Å²) < 4.78 is 36.9. The Labute approximate surface area is 284 Å². The third-order valence-electron chi connectivity index (χ3n) is 11.0. The van der Waals surface area contributed by atoms with Crippen LogP contribution in [0.3, 0.4) is 0 Å². The van der Waals surface area contributed by atoms with E-state index < -0.39 is 15.9 Å². The number of amides is 1. The van der Waals surface area contributed by atoms with Gasteiger partial charge in [-0.15, -0.1) is 5.10 Å². The van der Waals surface area contributed by atoms with Crippen molar-refractivity contribution in [1.29, 1.82) is 0 Å². The zero-order valence-corrected chi connectivity index (χ0v) is 29.6. The molecule has 2 N–H and O–H groups in total. The predicted molar refractivity (Wildman–Crippen MR) is 185 cm³/mol. The molecule has 4 aliphatic rings. The van der Waals surface area contributed by atoms with Crippen LogP contribution in [-0.4, -0.2) is 59.3 Å². The molecule has 3 aromatic heterocycles. The second-order valence-corrected chi connectivity index (χ2v) is 18.0. The van der Waals surface area contributed by atoms with E-state index in [1.807, 2.05) is 12.3 Å². The Morgan fingerprint density at radius 3 is 2.60 bits per heavy atom. The highest BCUT2D eigenvalue weighted by Crippen LogP contribution is 2.65. The molecule has 258 valence electrons. The minimum atomic E-state index is -4.26. The molecule has 2 saturated carbocycles. The molecule has 1 saturated heterocycles. The maximum atomic E-state index is 13.8. The molecule has 0 aromatic carbocycles. The Bertz CT molecular complexity index is 1790. The molecular weight excluding hydrogens is 627 g/mol. The first kappa shape index (κ1) is 32.9. The number of hydrogen-bond acceptors (Lipinski definition) is 9. The van der Waals surface area contributed by atoms with Gasteiger partial charge in [0.2, 0.25) is 5.88 Å².